The van der Waals surface area contributed by atoms with Crippen molar-refractivity contribution in [1.29, 1.82) is 0 Å². The van der Waals surface area contributed by atoms with Crippen LogP contribution in [0.5, 0.6) is 0 Å². The van der Waals surface area contributed by atoms with E-state index >= 15 is 0 Å². The molecule has 0 fully saturated rings. The van der Waals surface area contributed by atoms with Crippen molar-refractivity contribution in [3.05, 3.63) is 47.5 Å². The molecular formula is C17H15ClF3NO5S2. The van der Waals surface area contributed by atoms with Crippen LogP contribution in [0, 0.1) is 0 Å². The van der Waals surface area contributed by atoms with E-state index in [-0.39, 0.29) is 32.3 Å². The second-order valence-corrected chi connectivity index (χ2v) is 9.83. The van der Waals surface area contributed by atoms with Crippen LogP contribution in [0.25, 0.3) is 0 Å². The number of halogens is 4. The number of carbonyl (C=O) groups excluding carboxylic acids is 1. The van der Waals surface area contributed by atoms with Crippen LogP contribution in [0.15, 0.2) is 57.2 Å². The molecule has 0 saturated heterocycles. The lowest BCUT2D eigenvalue weighted by Crippen LogP contribution is -2.52. The molecule has 158 valence electrons. The van der Waals surface area contributed by atoms with E-state index in [0.717, 1.165) is 18.2 Å². The minimum Gasteiger partial charge on any atom is -0.612 e. The minimum absolute atomic E-state index is 0.155. The van der Waals surface area contributed by atoms with Crippen LogP contribution in [0.1, 0.15) is 6.92 Å². The maximum Gasteiger partial charge on any atom is 0.426 e. The first-order valence-corrected chi connectivity index (χ1v) is 11.2. The Hall–Kier alpha value is -1.79. The standard InChI is InChI=1S/C17H15ClF3NO5S2/c1-16(24,17(19,20)21)15(23)22-14-7-6-12(9-13(14)18)29(26,27)11-5-3-4-10(8-11)28(2)25/h3-9,24H,1-2H3,(H,22,23). The largest absolute Gasteiger partial charge is 0.612 e. The number of benzene rings is 2. The van der Waals surface area contributed by atoms with Gasteiger partial charge in [0.2, 0.25) is 15.4 Å². The third kappa shape index (κ3) is 4.86. The molecular weight excluding hydrogens is 455 g/mol. The second-order valence-electron chi connectivity index (χ2n) is 6.10. The minimum atomic E-state index is -5.22. The highest BCUT2D eigenvalue weighted by molar-refractivity contribution is 7.92. The predicted molar refractivity (Wildman–Crippen MR) is 101 cm³/mol. The van der Waals surface area contributed by atoms with Crippen molar-refractivity contribution in [2.45, 2.75) is 33.4 Å². The summed E-state index contributed by atoms with van der Waals surface area (Å²) in [5.41, 5.74) is -3.99. The SMILES string of the molecule is C[S+]([O-])c1cccc(S(=O)(=O)c2ccc(NC(=O)C(C)(O)C(F)(F)F)c(Cl)c2)c1. The topological polar surface area (TPSA) is 107 Å². The third-order valence-electron chi connectivity index (χ3n) is 3.94. The van der Waals surface area contributed by atoms with Crippen LogP contribution >= 0.6 is 11.6 Å². The maximum atomic E-state index is 12.8. The Morgan fingerprint density at radius 2 is 1.76 bits per heavy atom. The molecule has 0 spiro atoms. The van der Waals surface area contributed by atoms with Gasteiger partial charge in [-0.3, -0.25) is 4.79 Å². The average molecular weight is 470 g/mol. The number of hydrogen-bond donors (Lipinski definition) is 2. The molecule has 0 radical (unpaired) electrons. The predicted octanol–water partition coefficient (Wildman–Crippen LogP) is 3.16. The van der Waals surface area contributed by atoms with E-state index in [4.69, 9.17) is 11.6 Å². The first kappa shape index (κ1) is 23.5. The Morgan fingerprint density at radius 1 is 1.17 bits per heavy atom. The van der Waals surface area contributed by atoms with Gasteiger partial charge in [0, 0.05) is 6.07 Å². The van der Waals surface area contributed by atoms with Crippen molar-refractivity contribution in [2.75, 3.05) is 11.6 Å². The van der Waals surface area contributed by atoms with Gasteiger partial charge in [-0.2, -0.15) is 13.2 Å². The lowest BCUT2D eigenvalue weighted by Gasteiger charge is -2.25. The molecule has 2 aromatic rings. The first-order valence-electron chi connectivity index (χ1n) is 7.76. The summed E-state index contributed by atoms with van der Waals surface area (Å²) in [6, 6.07) is 8.41. The first-order chi connectivity index (χ1) is 13.2. The van der Waals surface area contributed by atoms with Gasteiger partial charge < -0.3 is 15.0 Å². The van der Waals surface area contributed by atoms with E-state index < -0.39 is 38.7 Å². The van der Waals surface area contributed by atoms with Crippen molar-refractivity contribution >= 4 is 44.2 Å². The van der Waals surface area contributed by atoms with Gasteiger partial charge in [-0.1, -0.05) is 17.7 Å². The Morgan fingerprint density at radius 3 is 2.28 bits per heavy atom. The van der Waals surface area contributed by atoms with Gasteiger partial charge in [0.05, 0.1) is 20.5 Å². The summed E-state index contributed by atoms with van der Waals surface area (Å²) in [5.74, 6) is -1.78. The van der Waals surface area contributed by atoms with Gasteiger partial charge in [0.1, 0.15) is 6.26 Å². The van der Waals surface area contributed by atoms with Gasteiger partial charge in [-0.15, -0.1) is 0 Å². The summed E-state index contributed by atoms with van der Waals surface area (Å²) in [7, 11) is -4.08. The molecule has 1 amide bonds. The monoisotopic (exact) mass is 469 g/mol. The van der Waals surface area contributed by atoms with Crippen molar-refractivity contribution in [3.8, 4) is 0 Å². The van der Waals surface area contributed by atoms with E-state index in [9.17, 15) is 36.0 Å². The van der Waals surface area contributed by atoms with Gasteiger partial charge in [-0.05, 0) is 48.4 Å². The van der Waals surface area contributed by atoms with Crippen LogP contribution < -0.4 is 5.32 Å². The highest BCUT2D eigenvalue weighted by Crippen LogP contribution is 2.33. The molecule has 0 aliphatic rings. The van der Waals surface area contributed by atoms with Gasteiger partial charge >= 0.3 is 6.18 Å². The fourth-order valence-corrected chi connectivity index (χ4v) is 4.36. The summed E-state index contributed by atoms with van der Waals surface area (Å²) in [6.45, 7) is 0.278. The molecule has 0 aliphatic heterocycles. The van der Waals surface area contributed by atoms with Crippen LogP contribution in [0.2, 0.25) is 5.02 Å². The summed E-state index contributed by atoms with van der Waals surface area (Å²) >= 11 is 4.51. The van der Waals surface area contributed by atoms with Crippen molar-refractivity contribution in [3.63, 3.8) is 0 Å². The van der Waals surface area contributed by atoms with Crippen LogP contribution in [0.3, 0.4) is 0 Å². The maximum absolute atomic E-state index is 12.8. The van der Waals surface area contributed by atoms with Crippen LogP contribution in [-0.2, 0) is 25.8 Å². The fourth-order valence-electron chi connectivity index (χ4n) is 2.09. The lowest BCUT2D eigenvalue weighted by molar-refractivity contribution is -0.242. The number of hydrogen-bond acceptors (Lipinski definition) is 5. The van der Waals surface area contributed by atoms with E-state index in [0.29, 0.717) is 0 Å². The zero-order chi connectivity index (χ0) is 22.2. The lowest BCUT2D eigenvalue weighted by atomic mass is 10.1. The molecule has 2 atom stereocenters. The molecule has 2 aromatic carbocycles. The summed E-state index contributed by atoms with van der Waals surface area (Å²) in [6.07, 6.45) is -3.84. The molecule has 6 nitrogen and oxygen atoms in total. The van der Waals surface area contributed by atoms with E-state index in [1.807, 2.05) is 5.32 Å². The molecule has 2 rings (SSSR count). The number of anilines is 1. The van der Waals surface area contributed by atoms with E-state index in [2.05, 4.69) is 0 Å². The molecule has 0 saturated carbocycles. The van der Waals surface area contributed by atoms with Gasteiger partial charge in [-0.25, -0.2) is 8.42 Å². The molecule has 0 heterocycles. The average Bonchev–Trinajstić information content (AvgIpc) is 2.62. The quantitative estimate of drug-likeness (QED) is 0.654. The molecule has 0 aliphatic carbocycles. The van der Waals surface area contributed by atoms with Gasteiger partial charge in [0.15, 0.2) is 4.90 Å². The summed E-state index contributed by atoms with van der Waals surface area (Å²) in [4.78, 5) is 11.6. The number of rotatable bonds is 5. The molecule has 29 heavy (non-hydrogen) atoms. The fraction of sp³-hybridized carbons (Fsp3) is 0.235. The van der Waals surface area contributed by atoms with Crippen LogP contribution in [-0.4, -0.2) is 42.0 Å². The third-order valence-corrected chi connectivity index (χ3v) is 6.92. The van der Waals surface area contributed by atoms with Crippen molar-refractivity contribution in [2.24, 2.45) is 0 Å². The van der Waals surface area contributed by atoms with Crippen molar-refractivity contribution in [1.82, 2.24) is 0 Å². The molecule has 12 heteroatoms. The number of sulfone groups is 1. The van der Waals surface area contributed by atoms with E-state index in [1.54, 1.807) is 0 Å². The zero-order valence-corrected chi connectivity index (χ0v) is 17.3. The normalized spacial score (nSPS) is 15.4. The molecule has 2 N–H and O–H groups in total. The molecule has 2 unspecified atom stereocenters. The number of aliphatic hydroxyl groups is 1. The summed E-state index contributed by atoms with van der Waals surface area (Å²) < 4.78 is 75.3. The Kier molecular flexibility index (Phi) is 6.60. The highest BCUT2D eigenvalue weighted by atomic mass is 35.5. The van der Waals surface area contributed by atoms with Crippen molar-refractivity contribution < 1.29 is 36.0 Å². The zero-order valence-electron chi connectivity index (χ0n) is 15.0. The molecule has 0 bridgehead atoms. The van der Waals surface area contributed by atoms with Gasteiger partial charge in [0.25, 0.3) is 5.91 Å². The number of carbonyl (C=O) groups is 1. The second kappa shape index (κ2) is 8.15. The Labute approximate surface area is 172 Å². The van der Waals surface area contributed by atoms with Crippen LogP contribution in [0.4, 0.5) is 18.9 Å². The summed E-state index contributed by atoms with van der Waals surface area (Å²) in [5, 5.41) is 10.8. The Bertz CT molecular complexity index is 1040. The molecule has 0 aromatic heterocycles. The number of nitrogens with one attached hydrogen (secondary N) is 1. The Balaban J connectivity index is 2.36. The van der Waals surface area contributed by atoms with E-state index in [1.165, 1.54) is 30.5 Å². The number of alkyl halides is 3. The highest BCUT2D eigenvalue weighted by Gasteiger charge is 2.55. The smallest absolute Gasteiger partial charge is 0.426 e. The number of amides is 1.